The smallest absolute Gasteiger partial charge is 0.166 e. The zero-order valence-electron chi connectivity index (χ0n) is 11.8. The van der Waals surface area contributed by atoms with Crippen LogP contribution in [0.15, 0.2) is 35.2 Å². The molecule has 0 unspecified atom stereocenters. The van der Waals surface area contributed by atoms with Gasteiger partial charge in [-0.25, -0.2) is 13.8 Å². The van der Waals surface area contributed by atoms with Crippen LogP contribution in [0.25, 0.3) is 0 Å². The summed E-state index contributed by atoms with van der Waals surface area (Å²) in [5.41, 5.74) is 0.849. The third-order valence-electron chi connectivity index (χ3n) is 3.63. The third kappa shape index (κ3) is 3.59. The summed E-state index contributed by atoms with van der Waals surface area (Å²) in [7, 11) is 0. The van der Waals surface area contributed by atoms with E-state index in [9.17, 15) is 8.78 Å². The van der Waals surface area contributed by atoms with Crippen LogP contribution in [0.5, 0.6) is 0 Å². The highest BCUT2D eigenvalue weighted by Gasteiger charge is 2.20. The molecule has 22 heavy (non-hydrogen) atoms. The lowest BCUT2D eigenvalue weighted by Gasteiger charge is -2.35. The Bertz CT molecular complexity index is 660. The van der Waals surface area contributed by atoms with Crippen LogP contribution in [0.4, 0.5) is 14.6 Å². The van der Waals surface area contributed by atoms with Crippen molar-refractivity contribution in [3.8, 4) is 0 Å². The van der Waals surface area contributed by atoms with Crippen LogP contribution in [0.2, 0.25) is 0 Å². The monoisotopic (exact) mass is 368 g/mol. The number of anilines is 1. The van der Waals surface area contributed by atoms with Crippen molar-refractivity contribution >= 4 is 21.7 Å². The molecule has 2 aromatic heterocycles. The number of hydrogen-bond donors (Lipinski definition) is 0. The van der Waals surface area contributed by atoms with E-state index in [4.69, 9.17) is 0 Å². The fraction of sp³-hybridized carbons (Fsp3) is 0.333. The second-order valence-electron chi connectivity index (χ2n) is 5.23. The summed E-state index contributed by atoms with van der Waals surface area (Å²) in [6.07, 6.45) is 4.47. The Morgan fingerprint density at radius 1 is 1.05 bits per heavy atom. The molecule has 3 heterocycles. The molecule has 0 amide bonds. The predicted octanol–water partition coefficient (Wildman–Crippen LogP) is 2.84. The minimum absolute atomic E-state index is 0.322. The van der Waals surface area contributed by atoms with Crippen molar-refractivity contribution in [2.45, 2.75) is 6.54 Å². The minimum atomic E-state index is -0.322. The van der Waals surface area contributed by atoms with E-state index in [-0.39, 0.29) is 11.6 Å². The van der Waals surface area contributed by atoms with Gasteiger partial charge in [-0.2, -0.15) is 0 Å². The highest BCUT2D eigenvalue weighted by Crippen LogP contribution is 2.21. The van der Waals surface area contributed by atoms with Crippen molar-refractivity contribution < 1.29 is 8.78 Å². The second-order valence-corrected chi connectivity index (χ2v) is 6.15. The maximum Gasteiger partial charge on any atom is 0.166 e. The molecular weight excluding hydrogens is 354 g/mol. The Kier molecular flexibility index (Phi) is 4.63. The van der Waals surface area contributed by atoms with Crippen molar-refractivity contribution in [2.75, 3.05) is 31.1 Å². The molecule has 0 atom stereocenters. The number of nitrogens with zero attached hydrogens (tertiary/aromatic N) is 4. The summed E-state index contributed by atoms with van der Waals surface area (Å²) in [5, 5.41) is 0. The molecule has 1 aliphatic heterocycles. The first kappa shape index (κ1) is 15.3. The maximum atomic E-state index is 13.9. The summed E-state index contributed by atoms with van der Waals surface area (Å²) in [5.74, 6) is -0.260. The minimum Gasteiger partial charge on any atom is -0.352 e. The average molecular weight is 369 g/mol. The molecule has 2 aromatic rings. The zero-order chi connectivity index (χ0) is 15.5. The molecule has 4 nitrogen and oxygen atoms in total. The van der Waals surface area contributed by atoms with Crippen LogP contribution in [0.1, 0.15) is 5.56 Å². The lowest BCUT2D eigenvalue weighted by molar-refractivity contribution is 0.248. The SMILES string of the molecule is Fc1cncc(CN2CCN(c3ncc(Br)cc3F)CC2)c1. The third-order valence-corrected chi connectivity index (χ3v) is 4.06. The van der Waals surface area contributed by atoms with E-state index in [1.165, 1.54) is 18.3 Å². The van der Waals surface area contributed by atoms with Gasteiger partial charge in [0.05, 0.1) is 6.20 Å². The van der Waals surface area contributed by atoms with Crippen molar-refractivity contribution in [1.82, 2.24) is 14.9 Å². The number of halogens is 3. The molecule has 0 spiro atoms. The molecule has 116 valence electrons. The molecule has 7 heteroatoms. The Morgan fingerprint density at radius 3 is 2.50 bits per heavy atom. The molecule has 3 rings (SSSR count). The molecular formula is C15H15BrF2N4. The van der Waals surface area contributed by atoms with Crippen LogP contribution in [-0.4, -0.2) is 41.0 Å². The number of rotatable bonds is 3. The lowest BCUT2D eigenvalue weighted by Crippen LogP contribution is -2.46. The van der Waals surface area contributed by atoms with Crippen LogP contribution in [-0.2, 0) is 6.54 Å². The Morgan fingerprint density at radius 2 is 1.82 bits per heavy atom. The van der Waals surface area contributed by atoms with Crippen molar-refractivity contribution in [3.63, 3.8) is 0 Å². The van der Waals surface area contributed by atoms with E-state index in [2.05, 4.69) is 30.8 Å². The standard InChI is InChI=1S/C15H15BrF2N4/c16-12-6-14(18)15(20-8-12)22-3-1-21(2-4-22)10-11-5-13(17)9-19-7-11/h5-9H,1-4,10H2. The summed E-state index contributed by atoms with van der Waals surface area (Å²) >= 11 is 3.21. The highest BCUT2D eigenvalue weighted by atomic mass is 79.9. The molecule has 0 saturated carbocycles. The van der Waals surface area contributed by atoms with E-state index < -0.39 is 0 Å². The highest BCUT2D eigenvalue weighted by molar-refractivity contribution is 9.10. The first-order valence-corrected chi connectivity index (χ1v) is 7.79. The van der Waals surface area contributed by atoms with Gasteiger partial charge >= 0.3 is 0 Å². The van der Waals surface area contributed by atoms with Crippen molar-refractivity contribution in [2.24, 2.45) is 0 Å². The summed E-state index contributed by atoms with van der Waals surface area (Å²) in [4.78, 5) is 12.1. The fourth-order valence-corrected chi connectivity index (χ4v) is 2.86. The first-order valence-electron chi connectivity index (χ1n) is 6.99. The Labute approximate surface area is 135 Å². The van der Waals surface area contributed by atoms with Gasteiger partial charge in [0.25, 0.3) is 0 Å². The summed E-state index contributed by atoms with van der Waals surface area (Å²) in [6, 6.07) is 2.92. The van der Waals surface area contributed by atoms with E-state index in [0.29, 0.717) is 29.9 Å². The quantitative estimate of drug-likeness (QED) is 0.833. The van der Waals surface area contributed by atoms with Crippen molar-refractivity contribution in [1.29, 1.82) is 0 Å². The van der Waals surface area contributed by atoms with E-state index >= 15 is 0 Å². The zero-order valence-corrected chi connectivity index (χ0v) is 13.4. The van der Waals surface area contributed by atoms with Gasteiger partial charge in [0, 0.05) is 49.6 Å². The van der Waals surface area contributed by atoms with E-state index in [0.717, 1.165) is 18.7 Å². The van der Waals surface area contributed by atoms with Gasteiger partial charge < -0.3 is 4.90 Å². The fourth-order valence-electron chi connectivity index (χ4n) is 2.56. The lowest BCUT2D eigenvalue weighted by atomic mass is 10.2. The molecule has 1 aliphatic rings. The maximum absolute atomic E-state index is 13.9. The van der Waals surface area contributed by atoms with Gasteiger partial charge in [0.1, 0.15) is 5.82 Å². The van der Waals surface area contributed by atoms with Crippen LogP contribution < -0.4 is 4.90 Å². The normalized spacial score (nSPS) is 16.0. The van der Waals surface area contributed by atoms with Gasteiger partial charge in [-0.05, 0) is 33.6 Å². The van der Waals surface area contributed by atoms with E-state index in [1.54, 1.807) is 12.4 Å². The van der Waals surface area contributed by atoms with Gasteiger partial charge in [0.15, 0.2) is 11.6 Å². The number of hydrogen-bond acceptors (Lipinski definition) is 4. The van der Waals surface area contributed by atoms with E-state index in [1.807, 2.05) is 4.90 Å². The Balaban J connectivity index is 1.60. The van der Waals surface area contributed by atoms with Gasteiger partial charge in [0.2, 0.25) is 0 Å². The topological polar surface area (TPSA) is 32.3 Å². The molecule has 0 radical (unpaired) electrons. The largest absolute Gasteiger partial charge is 0.352 e. The van der Waals surface area contributed by atoms with Gasteiger partial charge in [-0.3, -0.25) is 9.88 Å². The number of aromatic nitrogens is 2. The predicted molar refractivity (Wildman–Crippen MR) is 83.6 cm³/mol. The number of pyridine rings is 2. The number of piperazine rings is 1. The van der Waals surface area contributed by atoms with Crippen LogP contribution in [0.3, 0.4) is 0 Å². The molecule has 0 bridgehead atoms. The average Bonchev–Trinajstić information content (AvgIpc) is 2.48. The van der Waals surface area contributed by atoms with Crippen LogP contribution >= 0.6 is 15.9 Å². The summed E-state index contributed by atoms with van der Waals surface area (Å²) < 4.78 is 27.7. The first-order chi connectivity index (χ1) is 10.6. The Hall–Kier alpha value is -1.60. The van der Waals surface area contributed by atoms with Gasteiger partial charge in [-0.15, -0.1) is 0 Å². The van der Waals surface area contributed by atoms with Gasteiger partial charge in [-0.1, -0.05) is 0 Å². The molecule has 0 aromatic carbocycles. The molecule has 1 saturated heterocycles. The van der Waals surface area contributed by atoms with Crippen LogP contribution in [0, 0.1) is 11.6 Å². The van der Waals surface area contributed by atoms with Crippen molar-refractivity contribution in [3.05, 3.63) is 52.4 Å². The molecule has 1 fully saturated rings. The second kappa shape index (κ2) is 6.66. The summed E-state index contributed by atoms with van der Waals surface area (Å²) in [6.45, 7) is 3.57. The molecule has 0 N–H and O–H groups in total. The molecule has 0 aliphatic carbocycles.